The molecule has 1 aliphatic heterocycles. The lowest BCUT2D eigenvalue weighted by atomic mass is 9.88. The van der Waals surface area contributed by atoms with Gasteiger partial charge in [-0.25, -0.2) is 4.39 Å². The molecule has 1 aromatic heterocycles. The second-order valence-corrected chi connectivity index (χ2v) is 10.2. The molecule has 4 aromatic rings. The van der Waals surface area contributed by atoms with Crippen LogP contribution in [-0.2, 0) is 11.2 Å². The second-order valence-electron chi connectivity index (χ2n) is 10.2. The third kappa shape index (κ3) is 4.30. The van der Waals surface area contributed by atoms with Crippen LogP contribution in [-0.4, -0.2) is 22.7 Å². The van der Waals surface area contributed by atoms with E-state index in [-0.39, 0.29) is 18.2 Å². The number of rotatable bonds is 6. The van der Waals surface area contributed by atoms with Crippen LogP contribution in [0, 0.1) is 19.7 Å². The summed E-state index contributed by atoms with van der Waals surface area (Å²) in [6, 6.07) is 17.2. The maximum atomic E-state index is 15.3. The molecule has 0 fully saturated rings. The average molecular weight is 510 g/mol. The number of benzene rings is 3. The normalized spacial score (nSPS) is 17.6. The summed E-state index contributed by atoms with van der Waals surface area (Å²) in [5.74, 6) is -0.0400. The van der Waals surface area contributed by atoms with E-state index in [9.17, 15) is 4.79 Å². The van der Waals surface area contributed by atoms with E-state index in [4.69, 9.17) is 14.6 Å². The van der Waals surface area contributed by atoms with Gasteiger partial charge in [-0.05, 0) is 78.3 Å². The fraction of sp³-hybridized carbons (Fsp3) is 0.250. The van der Waals surface area contributed by atoms with Gasteiger partial charge in [-0.1, -0.05) is 30.3 Å². The molecular weight excluding hydrogens is 481 g/mol. The fourth-order valence-corrected chi connectivity index (χ4v) is 5.99. The third-order valence-corrected chi connectivity index (χ3v) is 7.64. The molecule has 192 valence electrons. The predicted octanol–water partition coefficient (Wildman–Crippen LogP) is 7.19. The molecule has 1 N–H and O–H groups in total. The van der Waals surface area contributed by atoms with Crippen LogP contribution in [0.25, 0.3) is 22.3 Å². The number of aliphatic carboxylic acids is 1. The number of hydrogen-bond donors (Lipinski definition) is 1. The summed E-state index contributed by atoms with van der Waals surface area (Å²) in [7, 11) is 0. The van der Waals surface area contributed by atoms with Gasteiger partial charge < -0.3 is 14.6 Å². The topological polar surface area (TPSA) is 68.7 Å². The van der Waals surface area contributed by atoms with Crippen LogP contribution >= 0.6 is 0 Å². The molecule has 0 spiro atoms. The van der Waals surface area contributed by atoms with Crippen LogP contribution in [0.1, 0.15) is 52.7 Å². The van der Waals surface area contributed by atoms with E-state index in [1.807, 2.05) is 30.5 Å². The Bertz CT molecular complexity index is 1530. The lowest BCUT2D eigenvalue weighted by Gasteiger charge is -2.19. The van der Waals surface area contributed by atoms with Crippen molar-refractivity contribution < 1.29 is 23.8 Å². The summed E-state index contributed by atoms with van der Waals surface area (Å²) in [5.41, 5.74) is 9.11. The molecule has 2 aliphatic rings. The number of ether oxygens (including phenoxy) is 2. The Hall–Kier alpha value is -4.19. The predicted molar refractivity (Wildman–Crippen MR) is 143 cm³/mol. The standard InChI is InChI=1S/C32H28FNO4/c1-18-12-21(20-4-3-11-34-16-20)13-19(2)31(18)25-7-9-27(33)32-26(25)8-10-28(32)38-23-5-6-24-22(14-30(35)36)17-37-29(24)15-23/h3-7,9,11-13,15-16,22,28H,8,10,14,17H2,1-2H3,(H,35,36)/t22?,28-/m1/s1. The molecule has 0 saturated heterocycles. The molecule has 6 heteroatoms. The fourth-order valence-electron chi connectivity index (χ4n) is 5.99. The van der Waals surface area contributed by atoms with Gasteiger partial charge in [-0.2, -0.15) is 0 Å². The average Bonchev–Trinajstić information content (AvgIpc) is 3.50. The molecule has 0 bridgehead atoms. The number of aryl methyl sites for hydroxylation is 2. The van der Waals surface area contributed by atoms with Gasteiger partial charge in [0, 0.05) is 41.1 Å². The monoisotopic (exact) mass is 509 g/mol. The Balaban J connectivity index is 1.31. The first-order chi connectivity index (χ1) is 18.4. The molecule has 1 unspecified atom stereocenters. The number of pyridine rings is 1. The first kappa shape index (κ1) is 24.2. The maximum Gasteiger partial charge on any atom is 0.304 e. The number of carboxylic acids is 1. The minimum absolute atomic E-state index is 0.0270. The van der Waals surface area contributed by atoms with Gasteiger partial charge in [0.05, 0.1) is 13.0 Å². The highest BCUT2D eigenvalue weighted by atomic mass is 19.1. The zero-order valence-electron chi connectivity index (χ0n) is 21.3. The van der Waals surface area contributed by atoms with Crippen molar-refractivity contribution in [2.24, 2.45) is 0 Å². The van der Waals surface area contributed by atoms with E-state index in [0.29, 0.717) is 30.1 Å². The number of hydrogen-bond acceptors (Lipinski definition) is 4. The number of nitrogens with zero attached hydrogens (tertiary/aromatic N) is 1. The van der Waals surface area contributed by atoms with Crippen molar-refractivity contribution >= 4 is 5.97 Å². The van der Waals surface area contributed by atoms with Crippen LogP contribution in [0.4, 0.5) is 4.39 Å². The van der Waals surface area contributed by atoms with Gasteiger partial charge >= 0.3 is 5.97 Å². The van der Waals surface area contributed by atoms with Crippen LogP contribution in [0.15, 0.2) is 67.0 Å². The van der Waals surface area contributed by atoms with E-state index < -0.39 is 12.1 Å². The summed E-state index contributed by atoms with van der Waals surface area (Å²) in [6.45, 7) is 4.54. The van der Waals surface area contributed by atoms with E-state index in [1.54, 1.807) is 18.3 Å². The summed E-state index contributed by atoms with van der Waals surface area (Å²) in [5, 5.41) is 9.15. The Morgan fingerprint density at radius 2 is 1.92 bits per heavy atom. The molecule has 3 aromatic carbocycles. The summed E-state index contributed by atoms with van der Waals surface area (Å²) >= 11 is 0. The van der Waals surface area contributed by atoms with Gasteiger partial charge in [0.2, 0.25) is 0 Å². The van der Waals surface area contributed by atoms with Crippen molar-refractivity contribution in [3.8, 4) is 33.8 Å². The van der Waals surface area contributed by atoms with Crippen molar-refractivity contribution in [2.45, 2.75) is 45.1 Å². The Morgan fingerprint density at radius 1 is 1.11 bits per heavy atom. The lowest BCUT2D eigenvalue weighted by Crippen LogP contribution is -2.07. The first-order valence-corrected chi connectivity index (χ1v) is 12.9. The summed E-state index contributed by atoms with van der Waals surface area (Å²) < 4.78 is 27.3. The van der Waals surface area contributed by atoms with Crippen molar-refractivity contribution in [1.29, 1.82) is 0 Å². The van der Waals surface area contributed by atoms with E-state index >= 15 is 4.39 Å². The summed E-state index contributed by atoms with van der Waals surface area (Å²) in [4.78, 5) is 15.4. The Kier molecular flexibility index (Phi) is 6.10. The van der Waals surface area contributed by atoms with Gasteiger partial charge in [-0.3, -0.25) is 9.78 Å². The third-order valence-electron chi connectivity index (χ3n) is 7.64. The lowest BCUT2D eigenvalue weighted by molar-refractivity contribution is -0.137. The van der Waals surface area contributed by atoms with Gasteiger partial charge in [0.1, 0.15) is 23.4 Å². The van der Waals surface area contributed by atoms with Crippen LogP contribution in [0.3, 0.4) is 0 Å². The van der Waals surface area contributed by atoms with Crippen molar-refractivity contribution in [3.63, 3.8) is 0 Å². The van der Waals surface area contributed by atoms with E-state index in [1.165, 1.54) is 0 Å². The minimum atomic E-state index is -0.849. The molecule has 2 atom stereocenters. The van der Waals surface area contributed by atoms with E-state index in [2.05, 4.69) is 37.0 Å². The maximum absolute atomic E-state index is 15.3. The number of fused-ring (bicyclic) bond motifs is 2. The largest absolute Gasteiger partial charge is 0.492 e. The van der Waals surface area contributed by atoms with Crippen molar-refractivity contribution in [1.82, 2.24) is 4.98 Å². The molecule has 6 rings (SSSR count). The number of carboxylic acid groups (broad SMARTS) is 1. The Labute approximate surface area is 220 Å². The number of aromatic nitrogens is 1. The number of carbonyl (C=O) groups is 1. The smallest absolute Gasteiger partial charge is 0.304 e. The highest BCUT2D eigenvalue weighted by Crippen LogP contribution is 2.45. The minimum Gasteiger partial charge on any atom is -0.492 e. The highest BCUT2D eigenvalue weighted by Gasteiger charge is 2.32. The van der Waals surface area contributed by atoms with Crippen molar-refractivity contribution in [3.05, 3.63) is 101 Å². The molecule has 5 nitrogen and oxygen atoms in total. The first-order valence-electron chi connectivity index (χ1n) is 12.9. The van der Waals surface area contributed by atoms with Crippen LogP contribution in [0.2, 0.25) is 0 Å². The molecule has 0 saturated carbocycles. The molecule has 1 aliphatic carbocycles. The molecule has 2 heterocycles. The van der Waals surface area contributed by atoms with E-state index in [0.717, 1.165) is 50.9 Å². The highest BCUT2D eigenvalue weighted by molar-refractivity contribution is 5.79. The van der Waals surface area contributed by atoms with Crippen LogP contribution < -0.4 is 9.47 Å². The SMILES string of the molecule is Cc1cc(-c2cccnc2)cc(C)c1-c1ccc(F)c2c1CC[C@H]2Oc1ccc2c(c1)OCC2CC(=O)O. The number of halogens is 1. The van der Waals surface area contributed by atoms with Crippen molar-refractivity contribution in [2.75, 3.05) is 6.61 Å². The molecule has 0 radical (unpaired) electrons. The zero-order chi connectivity index (χ0) is 26.4. The Morgan fingerprint density at radius 3 is 2.66 bits per heavy atom. The summed E-state index contributed by atoms with van der Waals surface area (Å²) in [6.07, 6.45) is 4.65. The van der Waals surface area contributed by atoms with Gasteiger partial charge in [0.15, 0.2) is 0 Å². The molecular formula is C32H28FNO4. The molecule has 0 amide bonds. The zero-order valence-corrected chi connectivity index (χ0v) is 21.3. The molecule has 38 heavy (non-hydrogen) atoms. The van der Waals surface area contributed by atoms with Crippen LogP contribution in [0.5, 0.6) is 11.5 Å². The second kappa shape index (κ2) is 9.60. The van der Waals surface area contributed by atoms with Gasteiger partial charge in [-0.15, -0.1) is 0 Å². The van der Waals surface area contributed by atoms with Gasteiger partial charge in [0.25, 0.3) is 0 Å². The quantitative estimate of drug-likeness (QED) is 0.298.